The summed E-state index contributed by atoms with van der Waals surface area (Å²) in [4.78, 5) is 10.9. The summed E-state index contributed by atoms with van der Waals surface area (Å²) in [5.41, 5.74) is 0. The van der Waals surface area contributed by atoms with Gasteiger partial charge < -0.3 is 4.74 Å². The molecule has 0 aromatic carbocycles. The SMILES string of the molecule is CCCCCCCCCCCC=CCC=CCC(=O)OC. The van der Waals surface area contributed by atoms with Gasteiger partial charge in [0, 0.05) is 0 Å². The van der Waals surface area contributed by atoms with Crippen LogP contribution in [-0.4, -0.2) is 13.1 Å². The van der Waals surface area contributed by atoms with Crippen LogP contribution in [0.1, 0.15) is 84.0 Å². The quantitative estimate of drug-likeness (QED) is 0.224. The maximum atomic E-state index is 10.9. The highest BCUT2D eigenvalue weighted by atomic mass is 16.5. The lowest BCUT2D eigenvalue weighted by molar-refractivity contribution is -0.139. The molecule has 2 heteroatoms. The standard InChI is InChI=1S/C19H34O2/c1-3-4-5-6-7-8-9-10-11-12-13-14-15-16-17-18-19(20)21-2/h13-14,16-17H,3-12,15,18H2,1-2H3. The molecule has 0 aliphatic rings. The van der Waals surface area contributed by atoms with Crippen LogP contribution in [0.4, 0.5) is 0 Å². The fourth-order valence-electron chi connectivity index (χ4n) is 2.22. The van der Waals surface area contributed by atoms with Crippen LogP contribution < -0.4 is 0 Å². The molecular weight excluding hydrogens is 260 g/mol. The van der Waals surface area contributed by atoms with E-state index >= 15 is 0 Å². The highest BCUT2D eigenvalue weighted by Gasteiger charge is 1.92. The summed E-state index contributed by atoms with van der Waals surface area (Å²) < 4.78 is 4.56. The molecule has 2 nitrogen and oxygen atoms in total. The number of unbranched alkanes of at least 4 members (excludes halogenated alkanes) is 9. The van der Waals surface area contributed by atoms with E-state index in [1.165, 1.54) is 71.3 Å². The van der Waals surface area contributed by atoms with Crippen LogP contribution >= 0.6 is 0 Å². The number of ether oxygens (including phenoxy) is 1. The molecule has 0 atom stereocenters. The molecule has 0 saturated heterocycles. The van der Waals surface area contributed by atoms with E-state index in [-0.39, 0.29) is 5.97 Å². The minimum absolute atomic E-state index is 0.176. The Morgan fingerprint density at radius 3 is 2.00 bits per heavy atom. The Morgan fingerprint density at radius 1 is 0.810 bits per heavy atom. The normalized spacial score (nSPS) is 11.5. The topological polar surface area (TPSA) is 26.3 Å². The summed E-state index contributed by atoms with van der Waals surface area (Å²) in [6.07, 6.45) is 23.2. The van der Waals surface area contributed by atoms with Crippen LogP contribution in [0.5, 0.6) is 0 Å². The summed E-state index contributed by atoms with van der Waals surface area (Å²) in [6.45, 7) is 2.27. The van der Waals surface area contributed by atoms with Crippen LogP contribution in [0.2, 0.25) is 0 Å². The summed E-state index contributed by atoms with van der Waals surface area (Å²) in [5, 5.41) is 0. The highest BCUT2D eigenvalue weighted by Crippen LogP contribution is 2.10. The average molecular weight is 294 g/mol. The Bertz CT molecular complexity index is 279. The first-order valence-corrected chi connectivity index (χ1v) is 8.68. The Labute approximate surface area is 131 Å². The number of hydrogen-bond donors (Lipinski definition) is 0. The van der Waals surface area contributed by atoms with Gasteiger partial charge in [-0.2, -0.15) is 0 Å². The summed E-state index contributed by atoms with van der Waals surface area (Å²) >= 11 is 0. The number of rotatable bonds is 14. The maximum Gasteiger partial charge on any atom is 0.309 e. The van der Waals surface area contributed by atoms with Crippen molar-refractivity contribution in [3.63, 3.8) is 0 Å². The number of carbonyl (C=O) groups is 1. The number of methoxy groups -OCH3 is 1. The predicted octanol–water partition coefficient (Wildman–Crippen LogP) is 5.97. The van der Waals surface area contributed by atoms with Gasteiger partial charge in [0.2, 0.25) is 0 Å². The van der Waals surface area contributed by atoms with E-state index in [0.717, 1.165) is 6.42 Å². The number of esters is 1. The van der Waals surface area contributed by atoms with Crippen molar-refractivity contribution in [3.05, 3.63) is 24.3 Å². The molecule has 0 radical (unpaired) electrons. The van der Waals surface area contributed by atoms with Gasteiger partial charge >= 0.3 is 5.97 Å². The fourth-order valence-corrected chi connectivity index (χ4v) is 2.22. The van der Waals surface area contributed by atoms with Crippen molar-refractivity contribution in [3.8, 4) is 0 Å². The molecule has 0 saturated carbocycles. The van der Waals surface area contributed by atoms with E-state index in [0.29, 0.717) is 6.42 Å². The van der Waals surface area contributed by atoms with E-state index in [9.17, 15) is 4.79 Å². The lowest BCUT2D eigenvalue weighted by Gasteiger charge is -2.00. The Kier molecular flexibility index (Phi) is 16.2. The largest absolute Gasteiger partial charge is 0.469 e. The third-order valence-electron chi connectivity index (χ3n) is 3.59. The van der Waals surface area contributed by atoms with Crippen molar-refractivity contribution in [2.75, 3.05) is 7.11 Å². The minimum atomic E-state index is -0.176. The van der Waals surface area contributed by atoms with Crippen LogP contribution in [-0.2, 0) is 9.53 Å². The molecule has 0 aliphatic heterocycles. The summed E-state index contributed by atoms with van der Waals surface area (Å²) in [5.74, 6) is -0.176. The van der Waals surface area contributed by atoms with Crippen molar-refractivity contribution in [1.82, 2.24) is 0 Å². The third kappa shape index (κ3) is 16.9. The molecule has 0 spiro atoms. The van der Waals surface area contributed by atoms with Crippen molar-refractivity contribution in [1.29, 1.82) is 0 Å². The lowest BCUT2D eigenvalue weighted by atomic mass is 10.1. The van der Waals surface area contributed by atoms with Gasteiger partial charge in [0.1, 0.15) is 0 Å². The zero-order valence-corrected chi connectivity index (χ0v) is 14.1. The molecule has 21 heavy (non-hydrogen) atoms. The van der Waals surface area contributed by atoms with Gasteiger partial charge in [0.25, 0.3) is 0 Å². The van der Waals surface area contributed by atoms with E-state index in [4.69, 9.17) is 0 Å². The molecular formula is C19H34O2. The van der Waals surface area contributed by atoms with Crippen LogP contribution in [0.25, 0.3) is 0 Å². The second-order valence-corrected chi connectivity index (χ2v) is 5.58. The van der Waals surface area contributed by atoms with E-state index in [1.807, 2.05) is 12.2 Å². The molecule has 0 aromatic rings. The Morgan fingerprint density at radius 2 is 1.38 bits per heavy atom. The molecule has 0 N–H and O–H groups in total. The van der Waals surface area contributed by atoms with Crippen molar-refractivity contribution in [2.45, 2.75) is 84.0 Å². The molecule has 0 bridgehead atoms. The molecule has 0 unspecified atom stereocenters. The van der Waals surface area contributed by atoms with Crippen LogP contribution in [0.15, 0.2) is 24.3 Å². The number of hydrogen-bond acceptors (Lipinski definition) is 2. The highest BCUT2D eigenvalue weighted by molar-refractivity contribution is 5.70. The number of allylic oxidation sites excluding steroid dienone is 3. The molecule has 0 aliphatic carbocycles. The van der Waals surface area contributed by atoms with E-state index in [1.54, 1.807) is 0 Å². The Balaban J connectivity index is 3.20. The molecule has 0 fully saturated rings. The van der Waals surface area contributed by atoms with Gasteiger partial charge in [0.15, 0.2) is 0 Å². The van der Waals surface area contributed by atoms with Gasteiger partial charge in [-0.15, -0.1) is 0 Å². The lowest BCUT2D eigenvalue weighted by Crippen LogP contribution is -1.96. The smallest absolute Gasteiger partial charge is 0.309 e. The average Bonchev–Trinajstić information content (AvgIpc) is 2.50. The first-order chi connectivity index (χ1) is 10.3. The zero-order valence-electron chi connectivity index (χ0n) is 14.1. The molecule has 122 valence electrons. The van der Waals surface area contributed by atoms with E-state index < -0.39 is 0 Å². The molecule has 0 heterocycles. The fraction of sp³-hybridized carbons (Fsp3) is 0.737. The Hall–Kier alpha value is -1.05. The zero-order chi connectivity index (χ0) is 15.6. The summed E-state index contributed by atoms with van der Waals surface area (Å²) in [7, 11) is 1.42. The second-order valence-electron chi connectivity index (χ2n) is 5.58. The van der Waals surface area contributed by atoms with Gasteiger partial charge in [-0.05, 0) is 19.3 Å². The van der Waals surface area contributed by atoms with Gasteiger partial charge in [-0.3, -0.25) is 4.79 Å². The summed E-state index contributed by atoms with van der Waals surface area (Å²) in [6, 6.07) is 0. The predicted molar refractivity (Wildman–Crippen MR) is 91.4 cm³/mol. The van der Waals surface area contributed by atoms with Crippen molar-refractivity contribution in [2.24, 2.45) is 0 Å². The van der Waals surface area contributed by atoms with Crippen LogP contribution in [0.3, 0.4) is 0 Å². The molecule has 0 aromatic heterocycles. The first kappa shape index (κ1) is 19.9. The van der Waals surface area contributed by atoms with Gasteiger partial charge in [-0.25, -0.2) is 0 Å². The monoisotopic (exact) mass is 294 g/mol. The third-order valence-corrected chi connectivity index (χ3v) is 3.59. The van der Waals surface area contributed by atoms with E-state index in [2.05, 4.69) is 23.8 Å². The van der Waals surface area contributed by atoms with Crippen LogP contribution in [0, 0.1) is 0 Å². The van der Waals surface area contributed by atoms with Gasteiger partial charge in [0.05, 0.1) is 13.5 Å². The van der Waals surface area contributed by atoms with Crippen molar-refractivity contribution < 1.29 is 9.53 Å². The molecule has 0 amide bonds. The number of carbonyl (C=O) groups excluding carboxylic acids is 1. The first-order valence-electron chi connectivity index (χ1n) is 8.68. The second kappa shape index (κ2) is 17.0. The van der Waals surface area contributed by atoms with Crippen molar-refractivity contribution >= 4 is 5.97 Å². The molecule has 0 rings (SSSR count). The maximum absolute atomic E-state index is 10.9. The minimum Gasteiger partial charge on any atom is -0.469 e. The van der Waals surface area contributed by atoms with Gasteiger partial charge in [-0.1, -0.05) is 82.6 Å².